The number of halogens is 4. The normalized spacial score (nSPS) is 17.8. The fourth-order valence-corrected chi connectivity index (χ4v) is 2.66. The molecule has 1 fully saturated rings. The van der Waals surface area contributed by atoms with Crippen LogP contribution < -0.4 is 10.6 Å². The number of carbonyl (C=O) groups excluding carboxylic acids is 1. The molecule has 2 atom stereocenters. The molecule has 2 rings (SSSR count). The van der Waals surface area contributed by atoms with E-state index in [-0.39, 0.29) is 19.0 Å². The van der Waals surface area contributed by atoms with Crippen LogP contribution in [0.1, 0.15) is 12.5 Å². The first-order chi connectivity index (χ1) is 11.9. The average Bonchev–Trinajstić information content (AvgIpc) is 2.60. The van der Waals surface area contributed by atoms with E-state index in [4.69, 9.17) is 4.74 Å². The number of hydrogen-bond donors (Lipinski definition) is 2. The number of nitrogens with zero attached hydrogens (tertiary/aromatic N) is 1. The second-order valence-corrected chi connectivity index (χ2v) is 6.03. The van der Waals surface area contributed by atoms with E-state index in [2.05, 4.69) is 10.6 Å². The lowest BCUT2D eigenvalue weighted by molar-refractivity contribution is -0.184. The zero-order valence-corrected chi connectivity index (χ0v) is 15.4. The van der Waals surface area contributed by atoms with Gasteiger partial charge in [-0.05, 0) is 12.5 Å². The standard InChI is InChI=1S/C17H24F3N3O2.ClH/c1-13(25-12-14-5-3-2-4-6-14)16(24)22-11-15(17(18,19)20)23-9-7-21-8-10-23;/h2-6,13,15,21H,7-12H2,1H3,(H,22,24);1H. The van der Waals surface area contributed by atoms with E-state index < -0.39 is 30.8 Å². The lowest BCUT2D eigenvalue weighted by Crippen LogP contribution is -2.58. The van der Waals surface area contributed by atoms with Crippen molar-refractivity contribution in [2.24, 2.45) is 0 Å². The van der Waals surface area contributed by atoms with Crippen LogP contribution in [0.5, 0.6) is 0 Å². The van der Waals surface area contributed by atoms with Crippen LogP contribution in [0.15, 0.2) is 30.3 Å². The van der Waals surface area contributed by atoms with Crippen molar-refractivity contribution in [3.8, 4) is 0 Å². The van der Waals surface area contributed by atoms with Gasteiger partial charge in [-0.2, -0.15) is 13.2 Å². The molecular formula is C17H25ClF3N3O2. The van der Waals surface area contributed by atoms with E-state index in [0.29, 0.717) is 26.2 Å². The molecule has 0 bridgehead atoms. The third-order valence-corrected chi connectivity index (χ3v) is 4.15. The van der Waals surface area contributed by atoms with Crippen LogP contribution in [-0.4, -0.2) is 61.9 Å². The number of rotatable bonds is 7. The molecule has 2 unspecified atom stereocenters. The number of carbonyl (C=O) groups is 1. The molecule has 1 aromatic rings. The van der Waals surface area contributed by atoms with Crippen LogP contribution in [0, 0.1) is 0 Å². The van der Waals surface area contributed by atoms with Crippen LogP contribution in [0.25, 0.3) is 0 Å². The molecule has 0 saturated carbocycles. The van der Waals surface area contributed by atoms with Crippen LogP contribution in [0.4, 0.5) is 13.2 Å². The molecule has 2 N–H and O–H groups in total. The molecule has 1 amide bonds. The summed E-state index contributed by atoms with van der Waals surface area (Å²) in [5.41, 5.74) is 0.899. The van der Waals surface area contributed by atoms with Gasteiger partial charge in [0.1, 0.15) is 12.1 Å². The molecule has 1 aromatic carbocycles. The first kappa shape index (κ1) is 22.7. The number of ether oxygens (including phenoxy) is 1. The Hall–Kier alpha value is -1.35. The van der Waals surface area contributed by atoms with Crippen LogP contribution in [-0.2, 0) is 16.1 Å². The van der Waals surface area contributed by atoms with Gasteiger partial charge in [0.2, 0.25) is 5.91 Å². The second kappa shape index (κ2) is 10.7. The predicted molar refractivity (Wildman–Crippen MR) is 95.2 cm³/mol. The van der Waals surface area contributed by atoms with Crippen molar-refractivity contribution < 1.29 is 22.7 Å². The lowest BCUT2D eigenvalue weighted by atomic mass is 10.2. The molecule has 9 heteroatoms. The maximum absolute atomic E-state index is 13.3. The van der Waals surface area contributed by atoms with Gasteiger partial charge in [0.05, 0.1) is 6.61 Å². The van der Waals surface area contributed by atoms with E-state index in [1.165, 1.54) is 11.8 Å². The molecule has 1 aliphatic rings. The number of amides is 1. The fraction of sp³-hybridized carbons (Fsp3) is 0.588. The molecular weight excluding hydrogens is 371 g/mol. The Labute approximate surface area is 157 Å². The van der Waals surface area contributed by atoms with Gasteiger partial charge in [-0.1, -0.05) is 30.3 Å². The molecule has 148 valence electrons. The molecule has 0 aliphatic carbocycles. The topological polar surface area (TPSA) is 53.6 Å². The van der Waals surface area contributed by atoms with Crippen molar-refractivity contribution in [3.05, 3.63) is 35.9 Å². The zero-order valence-electron chi connectivity index (χ0n) is 14.6. The van der Waals surface area contributed by atoms with Crippen molar-refractivity contribution in [2.75, 3.05) is 32.7 Å². The summed E-state index contributed by atoms with van der Waals surface area (Å²) in [7, 11) is 0. The second-order valence-electron chi connectivity index (χ2n) is 6.03. The highest BCUT2D eigenvalue weighted by atomic mass is 35.5. The number of benzene rings is 1. The summed E-state index contributed by atoms with van der Waals surface area (Å²) in [6.07, 6.45) is -5.21. The predicted octanol–water partition coefficient (Wildman–Crippen LogP) is 1.97. The van der Waals surface area contributed by atoms with E-state index in [0.717, 1.165) is 5.56 Å². The Morgan fingerprint density at radius 1 is 1.27 bits per heavy atom. The van der Waals surface area contributed by atoms with Crippen molar-refractivity contribution in [1.82, 2.24) is 15.5 Å². The molecule has 0 spiro atoms. The highest BCUT2D eigenvalue weighted by Gasteiger charge is 2.43. The maximum atomic E-state index is 13.3. The minimum Gasteiger partial charge on any atom is -0.364 e. The summed E-state index contributed by atoms with van der Waals surface area (Å²) in [4.78, 5) is 13.4. The fourth-order valence-electron chi connectivity index (χ4n) is 2.66. The molecule has 0 radical (unpaired) electrons. The summed E-state index contributed by atoms with van der Waals surface area (Å²) >= 11 is 0. The molecule has 1 saturated heterocycles. The minimum atomic E-state index is -4.39. The van der Waals surface area contributed by atoms with E-state index >= 15 is 0 Å². The first-order valence-electron chi connectivity index (χ1n) is 8.32. The lowest BCUT2D eigenvalue weighted by Gasteiger charge is -2.36. The van der Waals surface area contributed by atoms with Gasteiger partial charge in [0.15, 0.2) is 0 Å². The first-order valence-corrected chi connectivity index (χ1v) is 8.32. The summed E-state index contributed by atoms with van der Waals surface area (Å²) in [6.45, 7) is 2.93. The Kier molecular flexibility index (Phi) is 9.35. The van der Waals surface area contributed by atoms with Crippen molar-refractivity contribution in [1.29, 1.82) is 0 Å². The SMILES string of the molecule is CC(OCc1ccccc1)C(=O)NCC(N1CCNCC1)C(F)(F)F.Cl. The summed E-state index contributed by atoms with van der Waals surface area (Å²) in [5, 5.41) is 5.40. The van der Waals surface area contributed by atoms with E-state index in [1.54, 1.807) is 0 Å². The molecule has 1 aliphatic heterocycles. The molecule has 26 heavy (non-hydrogen) atoms. The van der Waals surface area contributed by atoms with Gasteiger partial charge in [-0.3, -0.25) is 9.69 Å². The Bertz CT molecular complexity index is 540. The minimum absolute atomic E-state index is 0. The molecule has 1 heterocycles. The summed E-state index contributed by atoms with van der Waals surface area (Å²) in [5.74, 6) is -0.541. The van der Waals surface area contributed by atoms with Gasteiger partial charge >= 0.3 is 6.18 Å². The number of alkyl halides is 3. The van der Waals surface area contributed by atoms with Gasteiger partial charge in [-0.15, -0.1) is 12.4 Å². The number of hydrogen-bond acceptors (Lipinski definition) is 4. The van der Waals surface area contributed by atoms with Gasteiger partial charge in [-0.25, -0.2) is 0 Å². The van der Waals surface area contributed by atoms with Gasteiger partial charge < -0.3 is 15.4 Å². The smallest absolute Gasteiger partial charge is 0.364 e. The monoisotopic (exact) mass is 395 g/mol. The van der Waals surface area contributed by atoms with Crippen LogP contribution in [0.2, 0.25) is 0 Å². The van der Waals surface area contributed by atoms with Crippen molar-refractivity contribution in [3.63, 3.8) is 0 Å². The number of piperazine rings is 1. The molecule has 0 aromatic heterocycles. The third kappa shape index (κ3) is 7.11. The largest absolute Gasteiger partial charge is 0.405 e. The van der Waals surface area contributed by atoms with Gasteiger partial charge in [0, 0.05) is 32.7 Å². The average molecular weight is 396 g/mol. The maximum Gasteiger partial charge on any atom is 0.405 e. The van der Waals surface area contributed by atoms with Crippen molar-refractivity contribution in [2.45, 2.75) is 31.9 Å². The summed E-state index contributed by atoms with van der Waals surface area (Å²) in [6, 6.07) is 7.60. The Balaban J connectivity index is 0.00000338. The van der Waals surface area contributed by atoms with E-state index in [9.17, 15) is 18.0 Å². The van der Waals surface area contributed by atoms with Crippen LogP contribution >= 0.6 is 12.4 Å². The highest BCUT2D eigenvalue weighted by Crippen LogP contribution is 2.24. The molecule has 5 nitrogen and oxygen atoms in total. The Morgan fingerprint density at radius 3 is 2.46 bits per heavy atom. The highest BCUT2D eigenvalue weighted by molar-refractivity contribution is 5.85. The quantitative estimate of drug-likeness (QED) is 0.741. The summed E-state index contributed by atoms with van der Waals surface area (Å²) < 4.78 is 45.3. The van der Waals surface area contributed by atoms with Crippen LogP contribution in [0.3, 0.4) is 0 Å². The van der Waals surface area contributed by atoms with E-state index in [1.807, 2.05) is 30.3 Å². The third-order valence-electron chi connectivity index (χ3n) is 4.15. The van der Waals surface area contributed by atoms with Gasteiger partial charge in [0.25, 0.3) is 0 Å². The Morgan fingerprint density at radius 2 is 1.88 bits per heavy atom. The zero-order chi connectivity index (χ0) is 18.3. The number of nitrogens with one attached hydrogen (secondary N) is 2. The van der Waals surface area contributed by atoms with Crippen molar-refractivity contribution >= 4 is 18.3 Å².